The molecule has 346 valence electrons. The maximum atomic E-state index is 12.7. The van der Waals surface area contributed by atoms with E-state index in [0.717, 1.165) is 83.5 Å². The predicted octanol–water partition coefficient (Wildman–Crippen LogP) is 16.5. The highest BCUT2D eigenvalue weighted by Crippen LogP contribution is 2.14. The second-order valence-electron chi connectivity index (χ2n) is 16.7. The van der Waals surface area contributed by atoms with Crippen molar-refractivity contribution >= 4 is 17.9 Å². The van der Waals surface area contributed by atoms with Gasteiger partial charge in [-0.15, -0.1) is 0 Å². The highest BCUT2D eigenvalue weighted by Gasteiger charge is 2.19. The molecule has 0 aliphatic rings. The van der Waals surface area contributed by atoms with E-state index in [4.69, 9.17) is 14.2 Å². The fraction of sp³-hybridized carbons (Fsp3) is 0.759. The van der Waals surface area contributed by atoms with E-state index in [0.29, 0.717) is 19.3 Å². The van der Waals surface area contributed by atoms with Crippen LogP contribution in [-0.2, 0) is 28.6 Å². The summed E-state index contributed by atoms with van der Waals surface area (Å²) in [6, 6.07) is 0. The lowest BCUT2D eigenvalue weighted by Gasteiger charge is -2.18. The Morgan fingerprint density at radius 1 is 0.367 bits per heavy atom. The van der Waals surface area contributed by atoms with Gasteiger partial charge in [-0.2, -0.15) is 0 Å². The maximum Gasteiger partial charge on any atom is 0.306 e. The molecule has 0 bridgehead atoms. The molecule has 60 heavy (non-hydrogen) atoms. The minimum atomic E-state index is -0.794. The maximum absolute atomic E-state index is 12.7. The summed E-state index contributed by atoms with van der Waals surface area (Å²) in [5.41, 5.74) is 0. The molecule has 6 nitrogen and oxygen atoms in total. The van der Waals surface area contributed by atoms with Gasteiger partial charge in [-0.1, -0.05) is 191 Å². The summed E-state index contributed by atoms with van der Waals surface area (Å²) >= 11 is 0. The molecule has 1 unspecified atom stereocenters. The summed E-state index contributed by atoms with van der Waals surface area (Å²) < 4.78 is 16.7. The Labute approximate surface area is 370 Å². The summed E-state index contributed by atoms with van der Waals surface area (Å²) in [4.78, 5) is 37.8. The third-order valence-electron chi connectivity index (χ3n) is 10.8. The van der Waals surface area contributed by atoms with Crippen LogP contribution >= 0.6 is 0 Å². The number of carbonyl (C=O) groups excluding carboxylic acids is 3. The van der Waals surface area contributed by atoms with Crippen LogP contribution in [0.25, 0.3) is 0 Å². The molecular formula is C54H94O6. The molecule has 0 aromatic heterocycles. The van der Waals surface area contributed by atoms with Crippen molar-refractivity contribution in [2.45, 2.75) is 252 Å². The Hall–Kier alpha value is -2.89. The lowest BCUT2D eigenvalue weighted by atomic mass is 10.1. The Kier molecular flexibility index (Phi) is 46.4. The number of allylic oxidation sites excluding steroid dienone is 10. The molecule has 0 aromatic rings. The molecule has 0 aromatic carbocycles. The number of hydrogen-bond donors (Lipinski definition) is 0. The topological polar surface area (TPSA) is 78.9 Å². The number of esters is 3. The first kappa shape index (κ1) is 57.1. The third-order valence-corrected chi connectivity index (χ3v) is 10.8. The first-order valence-electron chi connectivity index (χ1n) is 25.3. The second-order valence-corrected chi connectivity index (χ2v) is 16.7. The smallest absolute Gasteiger partial charge is 0.306 e. The number of carbonyl (C=O) groups is 3. The summed E-state index contributed by atoms with van der Waals surface area (Å²) in [5, 5.41) is 0. The lowest BCUT2D eigenvalue weighted by molar-refractivity contribution is -0.167. The number of unbranched alkanes of at least 4 members (excludes halogenated alkanes) is 25. The molecule has 0 heterocycles. The van der Waals surface area contributed by atoms with Crippen LogP contribution in [0.5, 0.6) is 0 Å². The fourth-order valence-corrected chi connectivity index (χ4v) is 6.93. The van der Waals surface area contributed by atoms with E-state index in [2.05, 4.69) is 81.5 Å². The summed E-state index contributed by atoms with van der Waals surface area (Å²) in [6.45, 7) is 6.44. The van der Waals surface area contributed by atoms with Crippen LogP contribution in [0.15, 0.2) is 60.8 Å². The van der Waals surface area contributed by atoms with E-state index >= 15 is 0 Å². The minimum Gasteiger partial charge on any atom is -0.462 e. The van der Waals surface area contributed by atoms with Gasteiger partial charge in [-0.25, -0.2) is 0 Å². The molecule has 1 atom stereocenters. The largest absolute Gasteiger partial charge is 0.462 e. The van der Waals surface area contributed by atoms with Gasteiger partial charge >= 0.3 is 17.9 Å². The molecule has 6 heteroatoms. The molecule has 0 fully saturated rings. The fourth-order valence-electron chi connectivity index (χ4n) is 6.93. The minimum absolute atomic E-state index is 0.0921. The molecule has 0 N–H and O–H groups in total. The molecule has 0 saturated heterocycles. The highest BCUT2D eigenvalue weighted by molar-refractivity contribution is 5.71. The Morgan fingerprint density at radius 2 is 0.700 bits per heavy atom. The van der Waals surface area contributed by atoms with Gasteiger partial charge in [0.05, 0.1) is 0 Å². The highest BCUT2D eigenvalue weighted by atomic mass is 16.6. The number of rotatable bonds is 45. The molecule has 0 rings (SSSR count). The van der Waals surface area contributed by atoms with E-state index in [1.54, 1.807) is 0 Å². The van der Waals surface area contributed by atoms with Crippen molar-refractivity contribution in [1.82, 2.24) is 0 Å². The molecule has 0 aliphatic heterocycles. The summed E-state index contributed by atoms with van der Waals surface area (Å²) in [6.07, 6.45) is 59.3. The van der Waals surface area contributed by atoms with E-state index in [9.17, 15) is 14.4 Å². The quantitative estimate of drug-likeness (QED) is 0.0200. The Bertz CT molecular complexity index is 1100. The normalized spacial score (nSPS) is 12.5. The van der Waals surface area contributed by atoms with Crippen molar-refractivity contribution in [1.29, 1.82) is 0 Å². The van der Waals surface area contributed by atoms with Gasteiger partial charge < -0.3 is 14.2 Å². The lowest BCUT2D eigenvalue weighted by Crippen LogP contribution is -2.30. The number of ether oxygens (including phenoxy) is 3. The van der Waals surface area contributed by atoms with Crippen molar-refractivity contribution in [2.75, 3.05) is 13.2 Å². The third kappa shape index (κ3) is 46.2. The molecule has 0 aliphatic carbocycles. The van der Waals surface area contributed by atoms with Gasteiger partial charge in [0, 0.05) is 19.3 Å². The van der Waals surface area contributed by atoms with E-state index < -0.39 is 6.10 Å². The summed E-state index contributed by atoms with van der Waals surface area (Å²) in [5.74, 6) is -0.948. The Morgan fingerprint density at radius 3 is 1.20 bits per heavy atom. The van der Waals surface area contributed by atoms with Crippen LogP contribution < -0.4 is 0 Å². The first-order chi connectivity index (χ1) is 29.5. The van der Waals surface area contributed by atoms with Gasteiger partial charge in [0.2, 0.25) is 0 Å². The molecule has 0 amide bonds. The second kappa shape index (κ2) is 48.8. The van der Waals surface area contributed by atoms with Crippen LogP contribution in [-0.4, -0.2) is 37.2 Å². The van der Waals surface area contributed by atoms with Crippen molar-refractivity contribution in [2.24, 2.45) is 0 Å². The van der Waals surface area contributed by atoms with Crippen molar-refractivity contribution in [3.63, 3.8) is 0 Å². The molecule has 0 saturated carbocycles. The molecule has 0 radical (unpaired) electrons. The zero-order chi connectivity index (χ0) is 43.7. The monoisotopic (exact) mass is 839 g/mol. The molecular weight excluding hydrogens is 745 g/mol. The predicted molar refractivity (Wildman–Crippen MR) is 256 cm³/mol. The Balaban J connectivity index is 4.33. The molecule has 0 spiro atoms. The van der Waals surface area contributed by atoms with E-state index in [1.807, 2.05) is 0 Å². The van der Waals surface area contributed by atoms with E-state index in [1.165, 1.54) is 122 Å². The van der Waals surface area contributed by atoms with Crippen LogP contribution in [0.2, 0.25) is 0 Å². The van der Waals surface area contributed by atoms with Crippen LogP contribution in [0.1, 0.15) is 245 Å². The van der Waals surface area contributed by atoms with Crippen molar-refractivity contribution < 1.29 is 28.6 Å². The van der Waals surface area contributed by atoms with E-state index in [-0.39, 0.29) is 31.1 Å². The van der Waals surface area contributed by atoms with Crippen LogP contribution in [0, 0.1) is 0 Å². The SMILES string of the molecule is CC/C=C\C/C=C\CCCCC(=O)OCC(COC(=O)CCCCCCCCCCCC/C=C\C=C/CCCCC)OC(=O)CCCCC/C=C\CCCCCCCCC. The summed E-state index contributed by atoms with van der Waals surface area (Å²) in [7, 11) is 0. The van der Waals surface area contributed by atoms with Crippen LogP contribution in [0.3, 0.4) is 0 Å². The average molecular weight is 839 g/mol. The van der Waals surface area contributed by atoms with Gasteiger partial charge in [0.1, 0.15) is 13.2 Å². The van der Waals surface area contributed by atoms with Crippen LogP contribution in [0.4, 0.5) is 0 Å². The average Bonchev–Trinajstić information content (AvgIpc) is 3.24. The van der Waals surface area contributed by atoms with Crippen molar-refractivity contribution in [3.8, 4) is 0 Å². The zero-order valence-corrected chi connectivity index (χ0v) is 39.5. The standard InChI is InChI=1S/C54H94O6/c1-4-7-10-13-16-19-21-23-25-26-27-28-29-31-32-35-38-41-44-47-53(56)59-50-51(49-58-52(55)46-43-40-37-34-18-15-12-9-6-3)60-54(57)48-45-42-39-36-33-30-24-22-20-17-14-11-8-5-2/h9,12,16,18-19,21,23,30,33-34,51H,4-8,10-11,13-15,17,20,22,24-29,31-32,35-50H2,1-3H3/b12-9-,19-16-,23-21-,33-30-,34-18-. The first-order valence-corrected chi connectivity index (χ1v) is 25.3. The van der Waals surface area contributed by atoms with Gasteiger partial charge in [-0.3, -0.25) is 14.4 Å². The number of hydrogen-bond acceptors (Lipinski definition) is 6. The zero-order valence-electron chi connectivity index (χ0n) is 39.5. The van der Waals surface area contributed by atoms with Gasteiger partial charge in [0.15, 0.2) is 6.10 Å². The van der Waals surface area contributed by atoms with Gasteiger partial charge in [-0.05, 0) is 96.3 Å². The van der Waals surface area contributed by atoms with Crippen molar-refractivity contribution in [3.05, 3.63) is 60.8 Å². The van der Waals surface area contributed by atoms with Gasteiger partial charge in [0.25, 0.3) is 0 Å².